The van der Waals surface area contributed by atoms with Crippen molar-refractivity contribution in [1.29, 1.82) is 0 Å². The molecule has 30 heavy (non-hydrogen) atoms. The van der Waals surface area contributed by atoms with E-state index < -0.39 is 37.8 Å². The standard InChI is InChI=1S/C17H21N3O7S3/c1-2-29(24,25)9-8-14(16(22)23)19-15(21)10-12-11-28-17(18-12)20-30(26,27)13-6-4-3-5-7-13/h3-7,11,14H,2,8-10H2,1H3,(H,18,20)(H,19,21)(H,22,23). The van der Waals surface area contributed by atoms with E-state index in [2.05, 4.69) is 15.0 Å². The minimum Gasteiger partial charge on any atom is -0.480 e. The smallest absolute Gasteiger partial charge is 0.326 e. The number of aliphatic carboxylic acids is 1. The summed E-state index contributed by atoms with van der Waals surface area (Å²) in [4.78, 5) is 27.5. The molecule has 0 bridgehead atoms. The largest absolute Gasteiger partial charge is 0.480 e. The first-order valence-corrected chi connectivity index (χ1v) is 13.0. The van der Waals surface area contributed by atoms with Gasteiger partial charge >= 0.3 is 5.97 Å². The highest BCUT2D eigenvalue weighted by Gasteiger charge is 2.23. The van der Waals surface area contributed by atoms with Crippen LogP contribution in [0.1, 0.15) is 19.0 Å². The number of sulfone groups is 1. The first kappa shape index (κ1) is 23.8. The summed E-state index contributed by atoms with van der Waals surface area (Å²) in [5.74, 6) is -2.49. The number of anilines is 1. The molecule has 1 amide bonds. The maximum absolute atomic E-state index is 12.3. The van der Waals surface area contributed by atoms with Gasteiger partial charge in [0.05, 0.1) is 22.8 Å². The third-order valence-corrected chi connectivity index (χ3v) is 7.99. The molecule has 0 aliphatic rings. The summed E-state index contributed by atoms with van der Waals surface area (Å²) in [6.45, 7) is 1.45. The van der Waals surface area contributed by atoms with Gasteiger partial charge in [-0.05, 0) is 18.6 Å². The number of rotatable bonds is 11. The first-order valence-electron chi connectivity index (χ1n) is 8.77. The molecule has 0 spiro atoms. The second-order valence-corrected chi connectivity index (χ2v) is 11.2. The fraction of sp³-hybridized carbons (Fsp3) is 0.353. The van der Waals surface area contributed by atoms with Crippen LogP contribution in [0.4, 0.5) is 5.13 Å². The van der Waals surface area contributed by atoms with Crippen LogP contribution in [-0.4, -0.2) is 56.4 Å². The predicted molar refractivity (Wildman–Crippen MR) is 112 cm³/mol. The van der Waals surface area contributed by atoms with Crippen LogP contribution in [-0.2, 0) is 35.9 Å². The maximum atomic E-state index is 12.3. The molecular weight excluding hydrogens is 454 g/mol. The molecule has 0 radical (unpaired) electrons. The van der Waals surface area contributed by atoms with Crippen molar-refractivity contribution >= 4 is 48.2 Å². The van der Waals surface area contributed by atoms with Gasteiger partial charge in [0.2, 0.25) is 5.91 Å². The van der Waals surface area contributed by atoms with Crippen LogP contribution in [0.25, 0.3) is 0 Å². The molecule has 3 N–H and O–H groups in total. The van der Waals surface area contributed by atoms with Crippen LogP contribution >= 0.6 is 11.3 Å². The fourth-order valence-corrected chi connectivity index (χ4v) is 5.19. The second kappa shape index (κ2) is 10.00. The van der Waals surface area contributed by atoms with Gasteiger partial charge in [-0.3, -0.25) is 9.52 Å². The summed E-state index contributed by atoms with van der Waals surface area (Å²) < 4.78 is 50.0. The number of nitrogens with zero attached hydrogens (tertiary/aromatic N) is 1. The van der Waals surface area contributed by atoms with E-state index in [9.17, 15) is 31.5 Å². The number of carboxylic acid groups (broad SMARTS) is 1. The van der Waals surface area contributed by atoms with E-state index in [-0.39, 0.29) is 40.1 Å². The molecule has 13 heteroatoms. The van der Waals surface area contributed by atoms with Gasteiger partial charge in [-0.15, -0.1) is 11.3 Å². The van der Waals surface area contributed by atoms with E-state index in [1.807, 2.05) is 0 Å². The first-order chi connectivity index (χ1) is 14.0. The summed E-state index contributed by atoms with van der Waals surface area (Å²) in [7, 11) is -7.19. The van der Waals surface area contributed by atoms with E-state index in [0.717, 1.165) is 11.3 Å². The molecule has 1 atom stereocenters. The number of carbonyl (C=O) groups is 2. The Hall–Kier alpha value is -2.51. The van der Waals surface area contributed by atoms with Gasteiger partial charge in [0.1, 0.15) is 15.9 Å². The summed E-state index contributed by atoms with van der Waals surface area (Å²) in [6, 6.07) is 6.34. The lowest BCUT2D eigenvalue weighted by Gasteiger charge is -2.14. The van der Waals surface area contributed by atoms with Crippen molar-refractivity contribution in [2.75, 3.05) is 16.2 Å². The maximum Gasteiger partial charge on any atom is 0.326 e. The average Bonchev–Trinajstić information content (AvgIpc) is 3.11. The molecule has 0 aliphatic heterocycles. The average molecular weight is 476 g/mol. The second-order valence-electron chi connectivity index (χ2n) is 6.22. The van der Waals surface area contributed by atoms with Crippen LogP contribution in [0.2, 0.25) is 0 Å². The zero-order valence-corrected chi connectivity index (χ0v) is 18.4. The number of benzene rings is 1. The number of amides is 1. The number of carboxylic acids is 1. The van der Waals surface area contributed by atoms with Crippen LogP contribution < -0.4 is 10.0 Å². The van der Waals surface area contributed by atoms with Gasteiger partial charge in [-0.2, -0.15) is 0 Å². The van der Waals surface area contributed by atoms with Crippen LogP contribution in [0.15, 0.2) is 40.6 Å². The third kappa shape index (κ3) is 7.07. The zero-order valence-electron chi connectivity index (χ0n) is 15.9. The Bertz CT molecular complexity index is 1100. The molecule has 164 valence electrons. The number of aromatic nitrogens is 1. The Morgan fingerprint density at radius 1 is 1.17 bits per heavy atom. The van der Waals surface area contributed by atoms with Crippen molar-refractivity contribution in [2.45, 2.75) is 30.7 Å². The molecule has 2 rings (SSSR count). The summed E-state index contributed by atoms with van der Waals surface area (Å²) >= 11 is 0.978. The number of hydrogen-bond acceptors (Lipinski definition) is 8. The summed E-state index contributed by atoms with van der Waals surface area (Å²) in [5.41, 5.74) is 0.244. The molecule has 1 aromatic carbocycles. The van der Waals surface area contributed by atoms with E-state index >= 15 is 0 Å². The van der Waals surface area contributed by atoms with Crippen molar-refractivity contribution in [3.05, 3.63) is 41.4 Å². The number of sulfonamides is 1. The Kier molecular flexibility index (Phi) is 7.92. The van der Waals surface area contributed by atoms with E-state index in [1.165, 1.54) is 24.4 Å². The molecular formula is C17H21N3O7S3. The summed E-state index contributed by atoms with van der Waals surface area (Å²) in [6.07, 6.45) is -0.537. The SMILES string of the molecule is CCS(=O)(=O)CCC(NC(=O)Cc1csc(NS(=O)(=O)c2ccccc2)n1)C(=O)O. The normalized spacial score (nSPS) is 12.8. The van der Waals surface area contributed by atoms with Gasteiger partial charge in [0.25, 0.3) is 10.0 Å². The highest BCUT2D eigenvalue weighted by Crippen LogP contribution is 2.20. The Balaban J connectivity index is 1.97. The highest BCUT2D eigenvalue weighted by molar-refractivity contribution is 7.93. The number of thiazole rings is 1. The lowest BCUT2D eigenvalue weighted by Crippen LogP contribution is -2.42. The molecule has 0 saturated carbocycles. The van der Waals surface area contributed by atoms with Gasteiger partial charge in [0, 0.05) is 11.1 Å². The van der Waals surface area contributed by atoms with Crippen LogP contribution in [0.3, 0.4) is 0 Å². The van der Waals surface area contributed by atoms with Gasteiger partial charge < -0.3 is 10.4 Å². The van der Waals surface area contributed by atoms with Crippen molar-refractivity contribution in [2.24, 2.45) is 0 Å². The monoisotopic (exact) mass is 475 g/mol. The lowest BCUT2D eigenvalue weighted by atomic mass is 10.2. The van der Waals surface area contributed by atoms with E-state index in [4.69, 9.17) is 0 Å². The molecule has 1 aromatic heterocycles. The Labute approximate surface area is 178 Å². The third-order valence-electron chi connectivity index (χ3n) is 3.96. The molecule has 10 nitrogen and oxygen atoms in total. The highest BCUT2D eigenvalue weighted by atomic mass is 32.2. The van der Waals surface area contributed by atoms with Gasteiger partial charge in [-0.1, -0.05) is 25.1 Å². The Morgan fingerprint density at radius 3 is 2.43 bits per heavy atom. The summed E-state index contributed by atoms with van der Waals surface area (Å²) in [5, 5.41) is 13.0. The van der Waals surface area contributed by atoms with Crippen molar-refractivity contribution in [1.82, 2.24) is 10.3 Å². The molecule has 0 saturated heterocycles. The minimum atomic E-state index is -3.82. The van der Waals surface area contributed by atoms with Crippen molar-refractivity contribution < 1.29 is 31.5 Å². The van der Waals surface area contributed by atoms with E-state index in [0.29, 0.717) is 0 Å². The van der Waals surface area contributed by atoms with Gasteiger partial charge in [0.15, 0.2) is 5.13 Å². The Morgan fingerprint density at radius 2 is 1.83 bits per heavy atom. The van der Waals surface area contributed by atoms with Crippen molar-refractivity contribution in [3.63, 3.8) is 0 Å². The zero-order chi connectivity index (χ0) is 22.4. The van der Waals surface area contributed by atoms with Gasteiger partial charge in [-0.25, -0.2) is 26.6 Å². The molecule has 1 heterocycles. The minimum absolute atomic E-state index is 0.0606. The quantitative estimate of drug-likeness (QED) is 0.432. The number of nitrogens with one attached hydrogen (secondary N) is 2. The molecule has 2 aromatic rings. The predicted octanol–water partition coefficient (Wildman–Crippen LogP) is 0.881. The van der Waals surface area contributed by atoms with E-state index in [1.54, 1.807) is 18.2 Å². The van der Waals surface area contributed by atoms with Crippen molar-refractivity contribution in [3.8, 4) is 0 Å². The number of carbonyl (C=O) groups excluding carboxylic acids is 1. The number of hydrogen-bond donors (Lipinski definition) is 3. The van der Waals surface area contributed by atoms with Crippen LogP contribution in [0, 0.1) is 0 Å². The lowest BCUT2D eigenvalue weighted by molar-refractivity contribution is -0.141. The fourth-order valence-electron chi connectivity index (χ4n) is 2.32. The molecule has 0 fully saturated rings. The molecule has 1 unspecified atom stereocenters. The van der Waals surface area contributed by atoms with Crippen LogP contribution in [0.5, 0.6) is 0 Å². The molecule has 0 aliphatic carbocycles. The topological polar surface area (TPSA) is 160 Å².